The first-order valence-corrected chi connectivity index (χ1v) is 29.2. The van der Waals surface area contributed by atoms with E-state index < -0.39 is 10.8 Å². The molecular weight excluding hydrogens is 1010 g/mol. The average Bonchev–Trinajstić information content (AvgIpc) is 0.965. The van der Waals surface area contributed by atoms with Crippen molar-refractivity contribution in [1.82, 2.24) is 0 Å². The number of fused-ring (bicyclic) bond motifs is 6. The Labute approximate surface area is 490 Å². The summed E-state index contributed by atoms with van der Waals surface area (Å²) >= 11 is 0. The molecule has 14 aromatic carbocycles. The van der Waals surface area contributed by atoms with Gasteiger partial charge in [0.25, 0.3) is 0 Å². The van der Waals surface area contributed by atoms with Crippen LogP contribution < -0.4 is 10.2 Å². The molecule has 2 aliphatic heterocycles. The Balaban J connectivity index is 1.04. The largest absolute Gasteiger partial charge is 0.354 e. The summed E-state index contributed by atoms with van der Waals surface area (Å²) in [7, 11) is 0. The quantitative estimate of drug-likeness (QED) is 0.145. The smallest absolute Gasteiger partial charge is 0.0742 e. The van der Waals surface area contributed by atoms with Gasteiger partial charge in [-0.3, -0.25) is 0 Å². The van der Waals surface area contributed by atoms with Gasteiger partial charge in [-0.1, -0.05) is 303 Å². The van der Waals surface area contributed by atoms with Crippen LogP contribution in [0.3, 0.4) is 0 Å². The molecule has 0 atom stereocenters. The molecule has 1 N–H and O–H groups in total. The molecule has 2 aliphatic rings. The Bertz CT molecular complexity index is 4710. The van der Waals surface area contributed by atoms with E-state index in [4.69, 9.17) is 0 Å². The molecule has 0 unspecified atom stereocenters. The summed E-state index contributed by atoms with van der Waals surface area (Å²) in [5, 5.41) is 8.83. The van der Waals surface area contributed by atoms with Crippen molar-refractivity contribution in [1.29, 1.82) is 0 Å². The van der Waals surface area contributed by atoms with Crippen LogP contribution in [0.15, 0.2) is 334 Å². The van der Waals surface area contributed by atoms with Crippen molar-refractivity contribution in [2.45, 2.75) is 10.8 Å². The Morgan fingerprint density at radius 1 is 0.262 bits per heavy atom. The lowest BCUT2D eigenvalue weighted by Gasteiger charge is -2.47. The molecule has 0 amide bonds. The van der Waals surface area contributed by atoms with Crippen LogP contribution in [0.25, 0.3) is 66.1 Å². The van der Waals surface area contributed by atoms with E-state index in [-0.39, 0.29) is 0 Å². The average molecular weight is 1070 g/mol. The fraction of sp³-hybridized carbons (Fsp3) is 0.0244. The molecule has 14 aromatic rings. The lowest BCUT2D eigenvalue weighted by atomic mass is 9.62. The van der Waals surface area contributed by atoms with Crippen molar-refractivity contribution in [3.8, 4) is 44.5 Å². The summed E-state index contributed by atoms with van der Waals surface area (Å²) in [6, 6.07) is 124. The van der Waals surface area contributed by atoms with Gasteiger partial charge in [-0.2, -0.15) is 0 Å². The highest BCUT2D eigenvalue weighted by molar-refractivity contribution is 6.21. The number of benzene rings is 14. The highest BCUT2D eigenvalue weighted by Crippen LogP contribution is 2.61. The molecule has 0 saturated carbocycles. The Kier molecular flexibility index (Phi) is 11.7. The fourth-order valence-corrected chi connectivity index (χ4v) is 14.7. The predicted octanol–water partition coefficient (Wildman–Crippen LogP) is 21.3. The second-order valence-electron chi connectivity index (χ2n) is 22.2. The van der Waals surface area contributed by atoms with Crippen molar-refractivity contribution in [2.24, 2.45) is 0 Å². The normalized spacial score (nSPS) is 13.5. The zero-order valence-electron chi connectivity index (χ0n) is 46.2. The highest BCUT2D eigenvalue weighted by Gasteiger charge is 2.48. The molecule has 2 nitrogen and oxygen atoms in total. The van der Waals surface area contributed by atoms with E-state index in [1.807, 2.05) is 0 Å². The third kappa shape index (κ3) is 7.37. The predicted molar refractivity (Wildman–Crippen MR) is 351 cm³/mol. The van der Waals surface area contributed by atoms with Gasteiger partial charge in [0.05, 0.1) is 27.9 Å². The molecule has 394 valence electrons. The Morgan fingerprint density at radius 3 is 1.26 bits per heavy atom. The van der Waals surface area contributed by atoms with Crippen molar-refractivity contribution in [2.75, 3.05) is 10.2 Å². The van der Waals surface area contributed by atoms with E-state index in [1.54, 1.807) is 0 Å². The molecule has 2 heterocycles. The fourth-order valence-electron chi connectivity index (χ4n) is 14.7. The van der Waals surface area contributed by atoms with Crippen LogP contribution in [0, 0.1) is 0 Å². The first-order chi connectivity index (χ1) is 41.7. The zero-order valence-corrected chi connectivity index (χ0v) is 46.2. The second-order valence-corrected chi connectivity index (χ2v) is 22.2. The summed E-state index contributed by atoms with van der Waals surface area (Å²) < 4.78 is 0. The molecule has 0 radical (unpaired) electrons. The van der Waals surface area contributed by atoms with E-state index >= 15 is 0 Å². The number of hydrogen-bond donors (Lipinski definition) is 1. The summed E-state index contributed by atoms with van der Waals surface area (Å²) in [5.74, 6) is 0. The van der Waals surface area contributed by atoms with Gasteiger partial charge in [0.15, 0.2) is 0 Å². The van der Waals surface area contributed by atoms with E-state index in [2.05, 4.69) is 344 Å². The molecule has 0 bridgehead atoms. The SMILES string of the molecule is c1ccc(-c2ccccc2-c2c3cccc(-c4cccc5c4Nc4ccccc4C5(c4ccccc4)c4ccccc4)c3cc3c(-c4cccc5c4N(c4ccccc4)c4ccccc4C5(c4ccccc4)c4ccccc4)cccc23)cc1. The van der Waals surface area contributed by atoms with Gasteiger partial charge in [-0.15, -0.1) is 0 Å². The van der Waals surface area contributed by atoms with Crippen molar-refractivity contribution < 1.29 is 0 Å². The van der Waals surface area contributed by atoms with Gasteiger partial charge < -0.3 is 10.2 Å². The van der Waals surface area contributed by atoms with Gasteiger partial charge in [0.1, 0.15) is 0 Å². The Hall–Kier alpha value is -10.8. The molecule has 2 heteroatoms. The molecule has 0 fully saturated rings. The lowest BCUT2D eigenvalue weighted by Crippen LogP contribution is -2.38. The minimum atomic E-state index is -0.674. The van der Waals surface area contributed by atoms with E-state index in [0.29, 0.717) is 0 Å². The van der Waals surface area contributed by atoms with Gasteiger partial charge in [0.2, 0.25) is 0 Å². The van der Waals surface area contributed by atoms with Crippen LogP contribution in [0.2, 0.25) is 0 Å². The van der Waals surface area contributed by atoms with Gasteiger partial charge in [-0.05, 0) is 130 Å². The number of nitrogens with one attached hydrogen (secondary N) is 1. The molecular formula is C82H56N2. The first-order valence-electron chi connectivity index (χ1n) is 29.2. The lowest BCUT2D eigenvalue weighted by molar-refractivity contribution is 0.731. The number of para-hydroxylation sites is 5. The molecule has 16 rings (SSSR count). The summed E-state index contributed by atoms with van der Waals surface area (Å²) in [6.45, 7) is 0. The topological polar surface area (TPSA) is 15.3 Å². The monoisotopic (exact) mass is 1070 g/mol. The maximum Gasteiger partial charge on any atom is 0.0742 e. The minimum Gasteiger partial charge on any atom is -0.354 e. The number of anilines is 5. The van der Waals surface area contributed by atoms with E-state index in [9.17, 15) is 0 Å². The number of nitrogens with zero attached hydrogens (tertiary/aromatic N) is 1. The number of rotatable bonds is 9. The number of hydrogen-bond acceptors (Lipinski definition) is 2. The highest BCUT2D eigenvalue weighted by atomic mass is 15.2. The van der Waals surface area contributed by atoms with Crippen molar-refractivity contribution >= 4 is 50.0 Å². The van der Waals surface area contributed by atoms with Crippen LogP contribution in [0.5, 0.6) is 0 Å². The molecule has 0 aromatic heterocycles. The summed E-state index contributed by atoms with van der Waals surface area (Å²) in [6.07, 6.45) is 0. The summed E-state index contributed by atoms with van der Waals surface area (Å²) in [4.78, 5) is 2.53. The molecule has 0 aliphatic carbocycles. The van der Waals surface area contributed by atoms with Crippen LogP contribution in [-0.4, -0.2) is 0 Å². The van der Waals surface area contributed by atoms with Crippen molar-refractivity contribution in [3.05, 3.63) is 378 Å². The van der Waals surface area contributed by atoms with E-state index in [1.165, 1.54) is 88.3 Å². The minimum absolute atomic E-state index is 0.621. The van der Waals surface area contributed by atoms with Gasteiger partial charge in [-0.25, -0.2) is 0 Å². The van der Waals surface area contributed by atoms with Crippen LogP contribution in [0.1, 0.15) is 44.5 Å². The summed E-state index contributed by atoms with van der Waals surface area (Å²) in [5.41, 5.74) is 23.4. The Morgan fingerprint density at radius 2 is 0.667 bits per heavy atom. The van der Waals surface area contributed by atoms with Gasteiger partial charge >= 0.3 is 0 Å². The first kappa shape index (κ1) is 49.1. The van der Waals surface area contributed by atoms with Crippen LogP contribution in [0.4, 0.5) is 28.4 Å². The maximum absolute atomic E-state index is 4.11. The molecule has 84 heavy (non-hydrogen) atoms. The zero-order chi connectivity index (χ0) is 55.6. The van der Waals surface area contributed by atoms with Crippen molar-refractivity contribution in [3.63, 3.8) is 0 Å². The van der Waals surface area contributed by atoms with Crippen LogP contribution >= 0.6 is 0 Å². The third-order valence-electron chi connectivity index (χ3n) is 18.0. The van der Waals surface area contributed by atoms with Crippen LogP contribution in [-0.2, 0) is 10.8 Å². The second kappa shape index (κ2) is 20.0. The third-order valence-corrected chi connectivity index (χ3v) is 18.0. The van der Waals surface area contributed by atoms with E-state index in [0.717, 1.165) is 50.7 Å². The standard InChI is InChI=1S/C82H56N2/c1-7-29-56(30-8-1)62-41-19-20-42-65(62)78-66-45-25-43-63(68-47-27-51-74-79(68)83-76-53-23-21-49-72(76)81(74,57-31-9-2-10-32-57)58-33-11-3-12-34-58)70(66)55-71-64(44-26-46-67(71)78)69-48-28-52-75-80(69)84(61-39-17-6-18-40-61)77-54-24-22-50-73(77)82(75,59-35-13-4-14-36-59)60-37-15-5-16-38-60/h1-55,83H. The molecule has 0 spiro atoms. The van der Waals surface area contributed by atoms with Gasteiger partial charge in [0, 0.05) is 22.5 Å². The maximum atomic E-state index is 4.11. The molecule has 0 saturated heterocycles.